The first-order valence-corrected chi connectivity index (χ1v) is 9.44. The second-order valence-electron chi connectivity index (χ2n) is 6.94. The lowest BCUT2D eigenvalue weighted by atomic mass is 10.1. The standard InChI is InChI=1S/C24H19N3O2/c1-29-20-13-11-19(12-14-20)27-24(28)23-22(25-27)21-10-6-5-9-18(21)16-26(23)15-17-7-3-2-4-8-17/h2-14,16H,15H2,1H3. The molecule has 0 atom stereocenters. The molecule has 5 rings (SSSR count). The number of aromatic nitrogens is 3. The van der Waals surface area contributed by atoms with Crippen molar-refractivity contribution in [3.63, 3.8) is 0 Å². The molecule has 0 aliphatic rings. The van der Waals surface area contributed by atoms with E-state index in [-0.39, 0.29) is 5.88 Å². The Hall–Kier alpha value is -3.86. The van der Waals surface area contributed by atoms with Crippen LogP contribution in [0.1, 0.15) is 5.56 Å². The lowest BCUT2D eigenvalue weighted by Crippen LogP contribution is -2.35. The first-order chi connectivity index (χ1) is 14.2. The number of fused-ring (bicyclic) bond motifs is 3. The summed E-state index contributed by atoms with van der Waals surface area (Å²) in [6, 6.07) is 25.5. The van der Waals surface area contributed by atoms with E-state index in [2.05, 4.69) is 12.1 Å². The summed E-state index contributed by atoms with van der Waals surface area (Å²) in [5.74, 6) is 0.606. The Morgan fingerprint density at radius 2 is 1.66 bits per heavy atom. The van der Waals surface area contributed by atoms with E-state index in [0.29, 0.717) is 23.3 Å². The highest BCUT2D eigenvalue weighted by molar-refractivity contribution is 6.02. The van der Waals surface area contributed by atoms with Gasteiger partial charge in [0.05, 0.1) is 18.7 Å². The number of ether oxygens (including phenoxy) is 1. The largest absolute Gasteiger partial charge is 0.854 e. The second-order valence-corrected chi connectivity index (χ2v) is 6.94. The van der Waals surface area contributed by atoms with Gasteiger partial charge in [-0.05, 0) is 30.3 Å². The van der Waals surface area contributed by atoms with Crippen LogP contribution in [0.3, 0.4) is 0 Å². The van der Waals surface area contributed by atoms with Crippen LogP contribution >= 0.6 is 0 Å². The van der Waals surface area contributed by atoms with E-state index in [9.17, 15) is 5.11 Å². The van der Waals surface area contributed by atoms with E-state index in [0.717, 1.165) is 22.1 Å². The molecule has 0 radical (unpaired) electrons. The van der Waals surface area contributed by atoms with Crippen molar-refractivity contribution in [2.75, 3.05) is 7.11 Å². The van der Waals surface area contributed by atoms with Gasteiger partial charge in [-0.15, -0.1) is 0 Å². The van der Waals surface area contributed by atoms with Gasteiger partial charge >= 0.3 is 0 Å². The predicted molar refractivity (Wildman–Crippen MR) is 110 cm³/mol. The summed E-state index contributed by atoms with van der Waals surface area (Å²) in [5.41, 5.74) is 3.15. The molecule has 0 N–H and O–H groups in total. The SMILES string of the molecule is COc1ccc(-n2nc3c4ccccc4c[n+](Cc4ccccc4)c3c2[O-])cc1. The number of pyridine rings is 1. The quantitative estimate of drug-likeness (QED) is 0.447. The molecule has 2 heterocycles. The maximum Gasteiger partial charge on any atom is 0.244 e. The van der Waals surface area contributed by atoms with Crippen LogP contribution in [0.4, 0.5) is 0 Å². The zero-order valence-electron chi connectivity index (χ0n) is 15.9. The van der Waals surface area contributed by atoms with E-state index < -0.39 is 0 Å². The zero-order chi connectivity index (χ0) is 19.8. The smallest absolute Gasteiger partial charge is 0.244 e. The Labute approximate surface area is 168 Å². The molecule has 2 aromatic heterocycles. The fraction of sp³-hybridized carbons (Fsp3) is 0.0833. The van der Waals surface area contributed by atoms with Crippen molar-refractivity contribution in [2.45, 2.75) is 6.54 Å². The summed E-state index contributed by atoms with van der Waals surface area (Å²) in [6.07, 6.45) is 2.03. The highest BCUT2D eigenvalue weighted by atomic mass is 16.5. The minimum absolute atomic E-state index is 0.133. The summed E-state index contributed by atoms with van der Waals surface area (Å²) in [5, 5.41) is 20.1. The van der Waals surface area contributed by atoms with E-state index in [4.69, 9.17) is 9.84 Å². The Bertz CT molecular complexity index is 1310. The van der Waals surface area contributed by atoms with E-state index in [1.165, 1.54) is 4.68 Å². The van der Waals surface area contributed by atoms with Gasteiger partial charge in [0.25, 0.3) is 0 Å². The minimum Gasteiger partial charge on any atom is -0.854 e. The molecule has 0 saturated heterocycles. The number of rotatable bonds is 4. The molecule has 0 saturated carbocycles. The second kappa shape index (κ2) is 6.95. The fourth-order valence-electron chi connectivity index (χ4n) is 3.70. The van der Waals surface area contributed by atoms with Crippen molar-refractivity contribution < 1.29 is 14.4 Å². The van der Waals surface area contributed by atoms with Crippen LogP contribution in [-0.2, 0) is 6.54 Å². The molecule has 0 fully saturated rings. The summed E-state index contributed by atoms with van der Waals surface area (Å²) in [7, 11) is 1.62. The first-order valence-electron chi connectivity index (χ1n) is 9.44. The van der Waals surface area contributed by atoms with Gasteiger partial charge in [0.1, 0.15) is 5.75 Å². The molecule has 0 amide bonds. The van der Waals surface area contributed by atoms with Crippen molar-refractivity contribution in [2.24, 2.45) is 0 Å². The predicted octanol–water partition coefficient (Wildman–Crippen LogP) is 3.60. The van der Waals surface area contributed by atoms with Gasteiger partial charge in [0.2, 0.25) is 5.52 Å². The Balaban J connectivity index is 1.76. The summed E-state index contributed by atoms with van der Waals surface area (Å²) in [6.45, 7) is 0.603. The highest BCUT2D eigenvalue weighted by Crippen LogP contribution is 2.29. The number of hydrogen-bond donors (Lipinski definition) is 0. The Morgan fingerprint density at radius 3 is 2.41 bits per heavy atom. The molecular formula is C24H19N3O2. The Kier molecular flexibility index (Phi) is 4.13. The maximum atomic E-state index is 13.4. The van der Waals surface area contributed by atoms with Crippen LogP contribution in [0.15, 0.2) is 85.1 Å². The molecule has 29 heavy (non-hydrogen) atoms. The van der Waals surface area contributed by atoms with Crippen LogP contribution in [0, 0.1) is 0 Å². The lowest BCUT2D eigenvalue weighted by molar-refractivity contribution is -0.662. The van der Waals surface area contributed by atoms with Crippen LogP contribution in [0.2, 0.25) is 0 Å². The van der Waals surface area contributed by atoms with Crippen molar-refractivity contribution in [1.82, 2.24) is 9.78 Å². The van der Waals surface area contributed by atoms with Gasteiger partial charge in [-0.25, -0.2) is 4.68 Å². The van der Waals surface area contributed by atoms with E-state index in [1.807, 2.05) is 77.5 Å². The van der Waals surface area contributed by atoms with Gasteiger partial charge in [-0.2, -0.15) is 9.67 Å². The Morgan fingerprint density at radius 1 is 0.931 bits per heavy atom. The monoisotopic (exact) mass is 381 g/mol. The van der Waals surface area contributed by atoms with Crippen LogP contribution in [0.5, 0.6) is 11.6 Å². The molecule has 0 spiro atoms. The average molecular weight is 381 g/mol. The lowest BCUT2D eigenvalue weighted by Gasteiger charge is -2.10. The van der Waals surface area contributed by atoms with Gasteiger partial charge in [-0.3, -0.25) is 0 Å². The summed E-state index contributed by atoms with van der Waals surface area (Å²) in [4.78, 5) is 0. The van der Waals surface area contributed by atoms with E-state index >= 15 is 0 Å². The molecule has 0 bridgehead atoms. The van der Waals surface area contributed by atoms with Gasteiger partial charge in [-0.1, -0.05) is 48.5 Å². The third kappa shape index (κ3) is 2.97. The first kappa shape index (κ1) is 17.3. The molecule has 142 valence electrons. The number of benzene rings is 3. The molecule has 5 nitrogen and oxygen atoms in total. The molecule has 0 aliphatic carbocycles. The van der Waals surface area contributed by atoms with Crippen LogP contribution in [0.25, 0.3) is 27.5 Å². The molecular weight excluding hydrogens is 362 g/mol. The number of nitrogens with zero attached hydrogens (tertiary/aromatic N) is 3. The zero-order valence-corrected chi connectivity index (χ0v) is 15.9. The topological polar surface area (TPSA) is 54.0 Å². The average Bonchev–Trinajstić information content (AvgIpc) is 3.12. The van der Waals surface area contributed by atoms with Gasteiger partial charge < -0.3 is 9.84 Å². The van der Waals surface area contributed by atoms with Gasteiger partial charge in [0.15, 0.2) is 18.3 Å². The maximum absolute atomic E-state index is 13.4. The molecule has 5 heteroatoms. The normalized spacial score (nSPS) is 11.2. The van der Waals surface area contributed by atoms with Crippen molar-refractivity contribution in [3.8, 4) is 17.3 Å². The van der Waals surface area contributed by atoms with Crippen molar-refractivity contribution in [3.05, 3.63) is 90.6 Å². The third-order valence-electron chi connectivity index (χ3n) is 5.13. The summed E-state index contributed by atoms with van der Waals surface area (Å²) < 4.78 is 8.70. The highest BCUT2D eigenvalue weighted by Gasteiger charge is 2.20. The molecule has 3 aromatic carbocycles. The van der Waals surface area contributed by atoms with E-state index in [1.54, 1.807) is 7.11 Å². The third-order valence-corrected chi connectivity index (χ3v) is 5.13. The molecule has 0 aliphatic heterocycles. The number of hydrogen-bond acceptors (Lipinski definition) is 3. The van der Waals surface area contributed by atoms with Crippen LogP contribution in [-0.4, -0.2) is 16.9 Å². The van der Waals surface area contributed by atoms with Gasteiger partial charge in [0, 0.05) is 16.3 Å². The fourth-order valence-corrected chi connectivity index (χ4v) is 3.70. The summed E-state index contributed by atoms with van der Waals surface area (Å²) >= 11 is 0. The van der Waals surface area contributed by atoms with Crippen molar-refractivity contribution in [1.29, 1.82) is 0 Å². The van der Waals surface area contributed by atoms with Crippen LogP contribution < -0.4 is 14.4 Å². The molecule has 5 aromatic rings. The van der Waals surface area contributed by atoms with Crippen molar-refractivity contribution >= 4 is 21.8 Å². The molecule has 0 unspecified atom stereocenters. The minimum atomic E-state index is -0.133. The number of methoxy groups -OCH3 is 1.